The van der Waals surface area contributed by atoms with Gasteiger partial charge in [-0.1, -0.05) is 6.07 Å². The highest BCUT2D eigenvalue weighted by Gasteiger charge is 2.37. The summed E-state index contributed by atoms with van der Waals surface area (Å²) in [6.45, 7) is 1.63. The Morgan fingerprint density at radius 3 is 2.48 bits per heavy atom. The third kappa shape index (κ3) is 4.38. The molecule has 116 valence electrons. The molecule has 2 N–H and O–H groups in total. The van der Waals surface area contributed by atoms with Gasteiger partial charge in [0.15, 0.2) is 0 Å². The van der Waals surface area contributed by atoms with Crippen LogP contribution in [0.15, 0.2) is 18.2 Å². The maximum atomic E-state index is 13.0. The molecule has 21 heavy (non-hydrogen) atoms. The van der Waals surface area contributed by atoms with Crippen molar-refractivity contribution in [3.63, 3.8) is 0 Å². The molecule has 1 aromatic carbocycles. The van der Waals surface area contributed by atoms with E-state index in [1.165, 1.54) is 11.8 Å². The highest BCUT2D eigenvalue weighted by molar-refractivity contribution is 7.98. The van der Waals surface area contributed by atoms with Gasteiger partial charge in [-0.15, -0.1) is 0 Å². The largest absolute Gasteiger partial charge is 0.478 e. The van der Waals surface area contributed by atoms with E-state index in [1.807, 2.05) is 0 Å². The Hall–Kier alpha value is -1.70. The number of benzene rings is 1. The van der Waals surface area contributed by atoms with Crippen molar-refractivity contribution >= 4 is 23.6 Å². The molecular weight excluding hydrogens is 307 g/mol. The predicted molar refractivity (Wildman–Crippen MR) is 73.7 cm³/mol. The Labute approximate surface area is 123 Å². The van der Waals surface area contributed by atoms with E-state index in [-0.39, 0.29) is 6.04 Å². The standard InChI is InChI=1S/C13H14F3NO3S/c1-7(6-21-2)17-11(18)10-8(12(19)20)4-3-5-9(10)13(14,15)16/h3-5,7H,6H2,1-2H3,(H,17,18)(H,19,20)/t7-/m0/s1. The molecule has 0 aliphatic heterocycles. The molecule has 0 bridgehead atoms. The molecule has 0 saturated carbocycles. The number of thioether (sulfide) groups is 1. The molecule has 8 heteroatoms. The summed E-state index contributed by atoms with van der Waals surface area (Å²) in [5.74, 6) is -2.12. The SMILES string of the molecule is CSC[C@H](C)NC(=O)c1c(C(=O)O)cccc1C(F)(F)F. The predicted octanol–water partition coefficient (Wildman–Crippen LogP) is 2.88. The van der Waals surface area contributed by atoms with Gasteiger partial charge >= 0.3 is 12.1 Å². The Bertz CT molecular complexity index is 546. The summed E-state index contributed by atoms with van der Waals surface area (Å²) in [6, 6.07) is 2.26. The molecule has 0 radical (unpaired) electrons. The number of rotatable bonds is 5. The molecule has 0 heterocycles. The Kier molecular flexibility index (Phi) is 5.65. The summed E-state index contributed by atoms with van der Waals surface area (Å²) in [5, 5.41) is 11.4. The number of amides is 1. The summed E-state index contributed by atoms with van der Waals surface area (Å²) in [7, 11) is 0. The van der Waals surface area contributed by atoms with Crippen molar-refractivity contribution in [1.29, 1.82) is 0 Å². The number of alkyl halides is 3. The third-order valence-electron chi connectivity index (χ3n) is 2.62. The molecule has 1 amide bonds. The van der Waals surface area contributed by atoms with Crippen LogP contribution in [0.5, 0.6) is 0 Å². The van der Waals surface area contributed by atoms with Crippen molar-refractivity contribution in [2.75, 3.05) is 12.0 Å². The van der Waals surface area contributed by atoms with Crippen molar-refractivity contribution in [1.82, 2.24) is 5.32 Å². The first-order chi connectivity index (χ1) is 9.68. The van der Waals surface area contributed by atoms with Crippen LogP contribution in [0.4, 0.5) is 13.2 Å². The normalized spacial score (nSPS) is 12.8. The average Bonchev–Trinajstić information content (AvgIpc) is 2.36. The topological polar surface area (TPSA) is 66.4 Å². The second-order valence-corrected chi connectivity index (χ2v) is 5.27. The molecule has 4 nitrogen and oxygen atoms in total. The lowest BCUT2D eigenvalue weighted by Gasteiger charge is -2.17. The van der Waals surface area contributed by atoms with Crippen LogP contribution in [-0.4, -0.2) is 35.0 Å². The van der Waals surface area contributed by atoms with Gasteiger partial charge in [-0.2, -0.15) is 24.9 Å². The molecule has 0 aromatic heterocycles. The van der Waals surface area contributed by atoms with Crippen LogP contribution in [0.1, 0.15) is 33.2 Å². The molecule has 0 fully saturated rings. The number of carbonyl (C=O) groups is 2. The fourth-order valence-electron chi connectivity index (χ4n) is 1.80. The second-order valence-electron chi connectivity index (χ2n) is 4.36. The van der Waals surface area contributed by atoms with Crippen molar-refractivity contribution < 1.29 is 27.9 Å². The van der Waals surface area contributed by atoms with Gasteiger partial charge in [0, 0.05) is 11.8 Å². The van der Waals surface area contributed by atoms with Gasteiger partial charge in [-0.25, -0.2) is 4.79 Å². The van der Waals surface area contributed by atoms with Gasteiger partial charge in [0.05, 0.1) is 16.7 Å². The monoisotopic (exact) mass is 321 g/mol. The maximum absolute atomic E-state index is 13.0. The number of carbonyl (C=O) groups excluding carboxylic acids is 1. The van der Waals surface area contributed by atoms with Crippen LogP contribution >= 0.6 is 11.8 Å². The summed E-state index contributed by atoms with van der Waals surface area (Å²) in [6.07, 6.45) is -3.02. The van der Waals surface area contributed by atoms with Crippen LogP contribution in [0, 0.1) is 0 Å². The molecular formula is C13H14F3NO3S. The van der Waals surface area contributed by atoms with Gasteiger partial charge in [-0.3, -0.25) is 4.79 Å². The lowest BCUT2D eigenvalue weighted by atomic mass is 9.99. The Balaban J connectivity index is 3.30. The average molecular weight is 321 g/mol. The van der Waals surface area contributed by atoms with Crippen LogP contribution in [0.25, 0.3) is 0 Å². The number of halogens is 3. The van der Waals surface area contributed by atoms with E-state index in [4.69, 9.17) is 5.11 Å². The van der Waals surface area contributed by atoms with E-state index in [0.717, 1.165) is 12.1 Å². The van der Waals surface area contributed by atoms with Crippen LogP contribution in [-0.2, 0) is 6.18 Å². The van der Waals surface area contributed by atoms with Crippen molar-refractivity contribution in [3.05, 3.63) is 34.9 Å². The number of carboxylic acids is 1. The first kappa shape index (κ1) is 17.4. The number of nitrogens with one attached hydrogen (secondary N) is 1. The number of aromatic carboxylic acids is 1. The van der Waals surface area contributed by atoms with Crippen molar-refractivity contribution in [2.45, 2.75) is 19.1 Å². The van der Waals surface area contributed by atoms with E-state index in [0.29, 0.717) is 11.8 Å². The first-order valence-corrected chi connectivity index (χ1v) is 7.31. The van der Waals surface area contributed by atoms with Gasteiger partial charge in [0.25, 0.3) is 5.91 Å². The minimum atomic E-state index is -4.80. The van der Waals surface area contributed by atoms with E-state index in [2.05, 4.69) is 5.32 Å². The summed E-state index contributed by atoms with van der Waals surface area (Å²) < 4.78 is 38.9. The van der Waals surface area contributed by atoms with Gasteiger partial charge in [0.1, 0.15) is 0 Å². The molecule has 0 spiro atoms. The van der Waals surface area contributed by atoms with E-state index >= 15 is 0 Å². The molecule has 1 atom stereocenters. The smallest absolute Gasteiger partial charge is 0.417 e. The second kappa shape index (κ2) is 6.84. The fourth-order valence-corrected chi connectivity index (χ4v) is 2.38. The lowest BCUT2D eigenvalue weighted by Crippen LogP contribution is -2.36. The number of hydrogen-bond acceptors (Lipinski definition) is 3. The van der Waals surface area contributed by atoms with Gasteiger partial charge in [-0.05, 0) is 25.3 Å². The Morgan fingerprint density at radius 1 is 1.38 bits per heavy atom. The quantitative estimate of drug-likeness (QED) is 0.875. The Morgan fingerprint density at radius 2 is 2.00 bits per heavy atom. The summed E-state index contributed by atoms with van der Waals surface area (Å²) in [4.78, 5) is 23.1. The number of carboxylic acid groups (broad SMARTS) is 1. The van der Waals surface area contributed by atoms with Crippen molar-refractivity contribution in [3.8, 4) is 0 Å². The summed E-state index contributed by atoms with van der Waals surface area (Å²) >= 11 is 1.41. The molecule has 1 rings (SSSR count). The summed E-state index contributed by atoms with van der Waals surface area (Å²) in [5.41, 5.74) is -2.78. The molecule has 0 unspecified atom stereocenters. The minimum Gasteiger partial charge on any atom is -0.478 e. The molecule has 0 aliphatic carbocycles. The first-order valence-electron chi connectivity index (χ1n) is 5.91. The molecule has 1 aromatic rings. The van der Waals surface area contributed by atoms with Gasteiger partial charge < -0.3 is 10.4 Å². The zero-order valence-electron chi connectivity index (χ0n) is 11.3. The zero-order valence-corrected chi connectivity index (χ0v) is 12.1. The van der Waals surface area contributed by atoms with Crippen LogP contribution in [0.3, 0.4) is 0 Å². The maximum Gasteiger partial charge on any atom is 0.417 e. The van der Waals surface area contributed by atoms with Crippen LogP contribution < -0.4 is 5.32 Å². The molecule has 0 aliphatic rings. The zero-order chi connectivity index (χ0) is 16.2. The number of hydrogen-bond donors (Lipinski definition) is 2. The minimum absolute atomic E-state index is 0.379. The highest BCUT2D eigenvalue weighted by atomic mass is 32.2. The highest BCUT2D eigenvalue weighted by Crippen LogP contribution is 2.33. The van der Waals surface area contributed by atoms with E-state index < -0.39 is 34.7 Å². The lowest BCUT2D eigenvalue weighted by molar-refractivity contribution is -0.138. The van der Waals surface area contributed by atoms with E-state index in [1.54, 1.807) is 13.2 Å². The third-order valence-corrected chi connectivity index (χ3v) is 3.45. The van der Waals surface area contributed by atoms with Crippen molar-refractivity contribution in [2.24, 2.45) is 0 Å². The van der Waals surface area contributed by atoms with E-state index in [9.17, 15) is 22.8 Å². The van der Waals surface area contributed by atoms with Gasteiger partial charge in [0.2, 0.25) is 0 Å². The fraction of sp³-hybridized carbons (Fsp3) is 0.385. The molecule has 0 saturated heterocycles. The van der Waals surface area contributed by atoms with Crippen LogP contribution in [0.2, 0.25) is 0 Å².